The van der Waals surface area contributed by atoms with Crippen molar-refractivity contribution < 1.29 is 4.74 Å². The lowest BCUT2D eigenvalue weighted by molar-refractivity contribution is 0.199. The van der Waals surface area contributed by atoms with Gasteiger partial charge in [-0.3, -0.25) is 0 Å². The number of hydrogen-bond acceptors (Lipinski definition) is 1. The minimum absolute atomic E-state index is 0.705. The molecule has 1 aliphatic rings. The Bertz CT molecular complexity index is 305. The highest BCUT2D eigenvalue weighted by molar-refractivity contribution is 5.20. The maximum atomic E-state index is 5.63. The van der Waals surface area contributed by atoms with Crippen molar-refractivity contribution in [3.8, 4) is 0 Å². The average Bonchev–Trinajstić information content (AvgIpc) is 2.99. The van der Waals surface area contributed by atoms with E-state index in [1.165, 1.54) is 24.0 Å². The van der Waals surface area contributed by atoms with E-state index in [-0.39, 0.29) is 0 Å². The standard InChI is InChI=1S/C12H14O/c1-10(12-7-8-12)13-9-11-5-3-2-4-6-11/h2-6H,7-9H2,1H3. The SMILES string of the molecule is CC(OCc1ccccc1)=C1CC1. The molecule has 2 rings (SSSR count). The summed E-state index contributed by atoms with van der Waals surface area (Å²) in [5.41, 5.74) is 2.72. The zero-order valence-electron chi connectivity index (χ0n) is 7.92. The molecule has 0 N–H and O–H groups in total. The molecule has 0 atom stereocenters. The molecule has 1 aromatic carbocycles. The molecular weight excluding hydrogens is 160 g/mol. The molecule has 0 bridgehead atoms. The molecule has 0 amide bonds. The second kappa shape index (κ2) is 3.65. The van der Waals surface area contributed by atoms with Crippen LogP contribution in [0.4, 0.5) is 0 Å². The van der Waals surface area contributed by atoms with Gasteiger partial charge in [0.05, 0.1) is 5.76 Å². The van der Waals surface area contributed by atoms with Crippen LogP contribution in [0.25, 0.3) is 0 Å². The molecule has 0 spiro atoms. The molecule has 0 unspecified atom stereocenters. The van der Waals surface area contributed by atoms with Gasteiger partial charge in [0.1, 0.15) is 6.61 Å². The van der Waals surface area contributed by atoms with Crippen molar-refractivity contribution in [1.29, 1.82) is 0 Å². The van der Waals surface area contributed by atoms with Crippen LogP contribution in [-0.2, 0) is 11.3 Å². The van der Waals surface area contributed by atoms with Gasteiger partial charge in [0.25, 0.3) is 0 Å². The molecule has 0 radical (unpaired) electrons. The predicted octanol–water partition coefficient (Wildman–Crippen LogP) is 3.27. The highest BCUT2D eigenvalue weighted by atomic mass is 16.5. The van der Waals surface area contributed by atoms with E-state index in [9.17, 15) is 0 Å². The van der Waals surface area contributed by atoms with E-state index in [4.69, 9.17) is 4.74 Å². The maximum Gasteiger partial charge on any atom is 0.113 e. The summed E-state index contributed by atoms with van der Waals surface area (Å²) in [7, 11) is 0. The van der Waals surface area contributed by atoms with E-state index in [0.717, 1.165) is 5.76 Å². The Hall–Kier alpha value is -1.24. The number of ether oxygens (including phenoxy) is 1. The van der Waals surface area contributed by atoms with Crippen molar-refractivity contribution in [2.75, 3.05) is 0 Å². The first kappa shape index (κ1) is 8.36. The van der Waals surface area contributed by atoms with Crippen molar-refractivity contribution in [3.63, 3.8) is 0 Å². The van der Waals surface area contributed by atoms with Crippen LogP contribution in [0.1, 0.15) is 25.3 Å². The first-order valence-corrected chi connectivity index (χ1v) is 4.71. The Labute approximate surface area is 79.0 Å². The Kier molecular flexibility index (Phi) is 2.35. The topological polar surface area (TPSA) is 9.23 Å². The van der Waals surface area contributed by atoms with Crippen molar-refractivity contribution in [2.24, 2.45) is 0 Å². The first-order valence-electron chi connectivity index (χ1n) is 4.71. The molecule has 1 aromatic rings. The molecule has 0 aliphatic heterocycles. The van der Waals surface area contributed by atoms with Gasteiger partial charge in [0, 0.05) is 0 Å². The van der Waals surface area contributed by atoms with Gasteiger partial charge in [-0.25, -0.2) is 0 Å². The van der Waals surface area contributed by atoms with Gasteiger partial charge in [0.2, 0.25) is 0 Å². The van der Waals surface area contributed by atoms with E-state index in [2.05, 4.69) is 19.1 Å². The fourth-order valence-electron chi connectivity index (χ4n) is 1.28. The zero-order chi connectivity index (χ0) is 9.10. The van der Waals surface area contributed by atoms with Crippen molar-refractivity contribution in [3.05, 3.63) is 47.2 Å². The lowest BCUT2D eigenvalue weighted by atomic mass is 10.2. The van der Waals surface area contributed by atoms with Crippen LogP contribution < -0.4 is 0 Å². The molecule has 1 aliphatic carbocycles. The van der Waals surface area contributed by atoms with Crippen LogP contribution in [0, 0.1) is 0 Å². The van der Waals surface area contributed by atoms with Crippen molar-refractivity contribution >= 4 is 0 Å². The predicted molar refractivity (Wildman–Crippen MR) is 53.2 cm³/mol. The second-order valence-electron chi connectivity index (χ2n) is 3.43. The van der Waals surface area contributed by atoms with Gasteiger partial charge in [-0.15, -0.1) is 0 Å². The van der Waals surface area contributed by atoms with Crippen LogP contribution in [0.3, 0.4) is 0 Å². The lowest BCUT2D eigenvalue weighted by Crippen LogP contribution is -1.90. The van der Waals surface area contributed by atoms with Crippen LogP contribution in [0.5, 0.6) is 0 Å². The molecule has 0 aromatic heterocycles. The van der Waals surface area contributed by atoms with E-state index >= 15 is 0 Å². The summed E-state index contributed by atoms with van der Waals surface area (Å²) in [4.78, 5) is 0. The summed E-state index contributed by atoms with van der Waals surface area (Å²) in [6.45, 7) is 2.77. The Morgan fingerprint density at radius 2 is 1.92 bits per heavy atom. The largest absolute Gasteiger partial charge is 0.494 e. The van der Waals surface area contributed by atoms with Crippen LogP contribution in [0.2, 0.25) is 0 Å². The smallest absolute Gasteiger partial charge is 0.113 e. The monoisotopic (exact) mass is 174 g/mol. The third kappa shape index (κ3) is 2.35. The third-order valence-corrected chi connectivity index (χ3v) is 2.30. The van der Waals surface area contributed by atoms with Gasteiger partial charge < -0.3 is 4.74 Å². The number of hydrogen-bond donors (Lipinski definition) is 0. The Morgan fingerprint density at radius 3 is 2.54 bits per heavy atom. The molecule has 13 heavy (non-hydrogen) atoms. The Morgan fingerprint density at radius 1 is 1.23 bits per heavy atom. The summed E-state index contributed by atoms with van der Waals surface area (Å²) in [6.07, 6.45) is 2.47. The normalized spacial score (nSPS) is 14.1. The summed E-state index contributed by atoms with van der Waals surface area (Å²) in [5, 5.41) is 0. The highest BCUT2D eigenvalue weighted by Crippen LogP contribution is 2.31. The molecule has 0 saturated heterocycles. The molecule has 1 nitrogen and oxygen atoms in total. The molecule has 0 heterocycles. The Balaban J connectivity index is 1.90. The number of allylic oxidation sites excluding steroid dienone is 2. The molecule has 1 saturated carbocycles. The highest BCUT2D eigenvalue weighted by Gasteiger charge is 2.15. The minimum Gasteiger partial charge on any atom is -0.494 e. The van der Waals surface area contributed by atoms with Gasteiger partial charge in [0.15, 0.2) is 0 Å². The molecule has 68 valence electrons. The van der Waals surface area contributed by atoms with Gasteiger partial charge >= 0.3 is 0 Å². The molecule has 1 fully saturated rings. The van der Waals surface area contributed by atoms with E-state index < -0.39 is 0 Å². The fraction of sp³-hybridized carbons (Fsp3) is 0.333. The lowest BCUT2D eigenvalue weighted by Gasteiger charge is -2.05. The zero-order valence-corrected chi connectivity index (χ0v) is 7.92. The maximum absolute atomic E-state index is 5.63. The average molecular weight is 174 g/mol. The quantitative estimate of drug-likeness (QED) is 0.639. The summed E-state index contributed by atoms with van der Waals surface area (Å²) in [5.74, 6) is 1.13. The van der Waals surface area contributed by atoms with Crippen LogP contribution in [-0.4, -0.2) is 0 Å². The molecule has 1 heteroatoms. The number of benzene rings is 1. The fourth-order valence-corrected chi connectivity index (χ4v) is 1.28. The van der Waals surface area contributed by atoms with Gasteiger partial charge in [-0.2, -0.15) is 0 Å². The summed E-state index contributed by atoms with van der Waals surface area (Å²) < 4.78 is 5.63. The van der Waals surface area contributed by atoms with E-state index in [1.807, 2.05) is 18.2 Å². The number of rotatable bonds is 3. The van der Waals surface area contributed by atoms with Crippen LogP contribution >= 0.6 is 0 Å². The van der Waals surface area contributed by atoms with Gasteiger partial charge in [-0.05, 0) is 30.9 Å². The summed E-state index contributed by atoms with van der Waals surface area (Å²) >= 11 is 0. The van der Waals surface area contributed by atoms with Crippen LogP contribution in [0.15, 0.2) is 41.7 Å². The third-order valence-electron chi connectivity index (χ3n) is 2.30. The molecular formula is C12H14O. The van der Waals surface area contributed by atoms with Crippen molar-refractivity contribution in [1.82, 2.24) is 0 Å². The van der Waals surface area contributed by atoms with E-state index in [0.29, 0.717) is 6.61 Å². The van der Waals surface area contributed by atoms with E-state index in [1.54, 1.807) is 0 Å². The van der Waals surface area contributed by atoms with Crippen molar-refractivity contribution in [2.45, 2.75) is 26.4 Å². The summed E-state index contributed by atoms with van der Waals surface area (Å²) in [6, 6.07) is 10.3. The second-order valence-corrected chi connectivity index (χ2v) is 3.43. The minimum atomic E-state index is 0.705. The van der Waals surface area contributed by atoms with Gasteiger partial charge in [-0.1, -0.05) is 30.3 Å². The first-order chi connectivity index (χ1) is 6.36.